The zero-order chi connectivity index (χ0) is 16.4. The lowest BCUT2D eigenvalue weighted by atomic mass is 10.3. The summed E-state index contributed by atoms with van der Waals surface area (Å²) >= 11 is 1.43. The van der Waals surface area contributed by atoms with Gasteiger partial charge in [0.15, 0.2) is 0 Å². The molecule has 0 aliphatic rings. The van der Waals surface area contributed by atoms with Crippen molar-refractivity contribution in [2.75, 3.05) is 10.6 Å². The molecule has 3 aromatic rings. The van der Waals surface area contributed by atoms with Gasteiger partial charge in [0.1, 0.15) is 10.7 Å². The van der Waals surface area contributed by atoms with Crippen molar-refractivity contribution in [3.63, 3.8) is 0 Å². The Bertz CT molecular complexity index is 843. The number of carbonyl (C=O) groups excluding carboxylic acids is 1. The van der Waals surface area contributed by atoms with Gasteiger partial charge in [-0.1, -0.05) is 5.10 Å². The molecule has 2 N–H and O–H groups in total. The molecule has 0 bridgehead atoms. The van der Waals surface area contributed by atoms with Gasteiger partial charge in [-0.2, -0.15) is 0 Å². The minimum atomic E-state index is -0.566. The van der Waals surface area contributed by atoms with Crippen molar-refractivity contribution in [2.45, 2.75) is 13.8 Å². The van der Waals surface area contributed by atoms with Crippen LogP contribution in [0.5, 0.6) is 0 Å². The number of hydrogen-bond donors (Lipinski definition) is 2. The topological polar surface area (TPSA) is 92.9 Å². The highest BCUT2D eigenvalue weighted by Gasteiger charge is 2.16. The molecule has 0 aliphatic carbocycles. The summed E-state index contributed by atoms with van der Waals surface area (Å²) in [5, 5.41) is 13.5. The van der Waals surface area contributed by atoms with E-state index in [9.17, 15) is 9.18 Å². The van der Waals surface area contributed by atoms with E-state index < -0.39 is 6.03 Å². The Morgan fingerprint density at radius 3 is 2.57 bits per heavy atom. The summed E-state index contributed by atoms with van der Waals surface area (Å²) < 4.78 is 18.2. The summed E-state index contributed by atoms with van der Waals surface area (Å²) in [5.41, 5.74) is 1.23. The molecule has 7 nitrogen and oxygen atoms in total. The fourth-order valence-electron chi connectivity index (χ4n) is 1.89. The summed E-state index contributed by atoms with van der Waals surface area (Å²) in [6, 6.07) is 4.77. The predicted molar refractivity (Wildman–Crippen MR) is 83.9 cm³/mol. The molecule has 9 heteroatoms. The third-order valence-corrected chi connectivity index (χ3v) is 3.91. The highest BCUT2D eigenvalue weighted by atomic mass is 32.1. The molecule has 2 heterocycles. The Kier molecular flexibility index (Phi) is 4.02. The Morgan fingerprint density at radius 1 is 1.17 bits per heavy atom. The van der Waals surface area contributed by atoms with Crippen molar-refractivity contribution in [1.29, 1.82) is 0 Å². The molecular weight excluding hydrogens is 321 g/mol. The minimum absolute atomic E-state index is 0.0370. The first-order valence-electron chi connectivity index (χ1n) is 6.63. The van der Waals surface area contributed by atoms with E-state index in [0.29, 0.717) is 11.6 Å². The molecule has 0 aliphatic heterocycles. The van der Waals surface area contributed by atoms with Gasteiger partial charge in [0.25, 0.3) is 5.89 Å². The van der Waals surface area contributed by atoms with Crippen molar-refractivity contribution >= 4 is 29.1 Å². The quantitative estimate of drug-likeness (QED) is 0.764. The van der Waals surface area contributed by atoms with Gasteiger partial charge in [-0.15, -0.1) is 16.4 Å². The number of hydrogen-bond acceptors (Lipinski definition) is 6. The van der Waals surface area contributed by atoms with Gasteiger partial charge >= 0.3 is 12.0 Å². The normalized spacial score (nSPS) is 10.6. The molecule has 3 rings (SSSR count). The van der Waals surface area contributed by atoms with E-state index in [2.05, 4.69) is 25.8 Å². The van der Waals surface area contributed by atoms with Crippen LogP contribution in [0.25, 0.3) is 10.8 Å². The number of aryl methyl sites for hydroxylation is 2. The Labute approximate surface area is 134 Å². The number of aromatic nitrogens is 3. The molecule has 23 heavy (non-hydrogen) atoms. The monoisotopic (exact) mass is 333 g/mol. The fraction of sp³-hybridized carbons (Fsp3) is 0.143. The van der Waals surface area contributed by atoms with Crippen LogP contribution >= 0.6 is 11.3 Å². The van der Waals surface area contributed by atoms with E-state index in [1.165, 1.54) is 35.6 Å². The van der Waals surface area contributed by atoms with Gasteiger partial charge in [0, 0.05) is 5.69 Å². The molecule has 0 saturated carbocycles. The first-order chi connectivity index (χ1) is 11.0. The number of amides is 2. The molecule has 0 atom stereocenters. The molecule has 118 valence electrons. The van der Waals surface area contributed by atoms with Gasteiger partial charge in [-0.3, -0.25) is 5.32 Å². The summed E-state index contributed by atoms with van der Waals surface area (Å²) in [5.74, 6) is -0.0853. The molecule has 0 unspecified atom stereocenters. The maximum atomic E-state index is 12.8. The third kappa shape index (κ3) is 3.51. The molecule has 2 aromatic heterocycles. The Morgan fingerprint density at radius 2 is 1.91 bits per heavy atom. The molecular formula is C14H12FN5O2S. The van der Waals surface area contributed by atoms with Crippen LogP contribution in [-0.4, -0.2) is 21.2 Å². The van der Waals surface area contributed by atoms with Crippen LogP contribution < -0.4 is 10.6 Å². The van der Waals surface area contributed by atoms with Crippen LogP contribution in [-0.2, 0) is 0 Å². The number of nitrogens with one attached hydrogen (secondary N) is 2. The van der Waals surface area contributed by atoms with Crippen LogP contribution in [0.4, 0.5) is 20.9 Å². The smallest absolute Gasteiger partial charge is 0.327 e. The van der Waals surface area contributed by atoms with E-state index in [4.69, 9.17) is 4.42 Å². The zero-order valence-electron chi connectivity index (χ0n) is 12.3. The van der Waals surface area contributed by atoms with Crippen LogP contribution in [0.15, 0.2) is 28.7 Å². The number of rotatable bonds is 3. The number of thiazole rings is 1. The predicted octanol–water partition coefficient (Wildman–Crippen LogP) is 3.59. The fourth-order valence-corrected chi connectivity index (χ4v) is 2.73. The summed E-state index contributed by atoms with van der Waals surface area (Å²) in [4.78, 5) is 16.9. The largest absolute Gasteiger partial charge is 0.402 e. The second-order valence-corrected chi connectivity index (χ2v) is 5.85. The van der Waals surface area contributed by atoms with Gasteiger partial charge < -0.3 is 9.73 Å². The number of benzene rings is 1. The van der Waals surface area contributed by atoms with E-state index in [-0.39, 0.29) is 11.8 Å². The first-order valence-corrected chi connectivity index (χ1v) is 7.44. The van der Waals surface area contributed by atoms with Crippen LogP contribution in [0.2, 0.25) is 0 Å². The van der Waals surface area contributed by atoms with Crippen molar-refractivity contribution in [3.8, 4) is 10.8 Å². The molecule has 0 radical (unpaired) electrons. The van der Waals surface area contributed by atoms with Crippen LogP contribution in [0.3, 0.4) is 0 Å². The number of urea groups is 1. The maximum absolute atomic E-state index is 12.8. The minimum Gasteiger partial charge on any atom is -0.402 e. The molecule has 1 aromatic carbocycles. The highest BCUT2D eigenvalue weighted by Crippen LogP contribution is 2.29. The maximum Gasteiger partial charge on any atom is 0.327 e. The lowest BCUT2D eigenvalue weighted by Crippen LogP contribution is -2.19. The van der Waals surface area contributed by atoms with Gasteiger partial charge in [0.2, 0.25) is 0 Å². The number of anilines is 2. The average Bonchev–Trinajstić information content (AvgIpc) is 3.07. The van der Waals surface area contributed by atoms with Crippen molar-refractivity contribution in [3.05, 3.63) is 40.8 Å². The summed E-state index contributed by atoms with van der Waals surface area (Å²) in [6.07, 6.45) is 0. The van der Waals surface area contributed by atoms with Crippen molar-refractivity contribution < 1.29 is 13.6 Å². The molecule has 0 spiro atoms. The van der Waals surface area contributed by atoms with E-state index in [0.717, 1.165) is 15.6 Å². The summed E-state index contributed by atoms with van der Waals surface area (Å²) in [6.45, 7) is 3.73. The van der Waals surface area contributed by atoms with E-state index >= 15 is 0 Å². The van der Waals surface area contributed by atoms with Crippen LogP contribution in [0.1, 0.15) is 10.7 Å². The highest BCUT2D eigenvalue weighted by molar-refractivity contribution is 7.15. The number of nitrogens with zero attached hydrogens (tertiary/aromatic N) is 3. The SMILES string of the molecule is Cc1nc(C)c(-c2nnc(NC(=O)Nc3ccc(F)cc3)o2)s1. The lowest BCUT2D eigenvalue weighted by molar-refractivity contribution is 0.261. The van der Waals surface area contributed by atoms with Gasteiger partial charge in [0.05, 0.1) is 10.7 Å². The summed E-state index contributed by atoms with van der Waals surface area (Å²) in [7, 11) is 0. The van der Waals surface area contributed by atoms with Gasteiger partial charge in [-0.05, 0) is 38.1 Å². The Hall–Kier alpha value is -2.81. The average molecular weight is 333 g/mol. The lowest BCUT2D eigenvalue weighted by Gasteiger charge is -2.03. The van der Waals surface area contributed by atoms with Gasteiger partial charge in [-0.25, -0.2) is 14.2 Å². The molecule has 0 saturated heterocycles. The molecule has 0 fully saturated rings. The third-order valence-electron chi connectivity index (χ3n) is 2.85. The number of halogens is 1. The zero-order valence-corrected chi connectivity index (χ0v) is 13.1. The number of carbonyl (C=O) groups is 1. The van der Waals surface area contributed by atoms with Crippen molar-refractivity contribution in [2.24, 2.45) is 0 Å². The first kappa shape index (κ1) is 15.1. The Balaban J connectivity index is 1.68. The second kappa shape index (κ2) is 6.13. The standard InChI is InChI=1S/C14H12FN5O2S/c1-7-11(23-8(2)16-7)12-19-20-14(22-12)18-13(21)17-10-5-3-9(15)4-6-10/h3-6H,1-2H3,(H2,17,18,20,21). The van der Waals surface area contributed by atoms with E-state index in [1.54, 1.807) is 0 Å². The van der Waals surface area contributed by atoms with Crippen molar-refractivity contribution in [1.82, 2.24) is 15.2 Å². The van der Waals surface area contributed by atoms with Crippen LogP contribution in [0, 0.1) is 19.7 Å². The molecule has 2 amide bonds. The van der Waals surface area contributed by atoms with E-state index in [1.807, 2.05) is 13.8 Å². The second-order valence-electron chi connectivity index (χ2n) is 4.65.